The second kappa shape index (κ2) is 8.81. The first kappa shape index (κ1) is 16.8. The molecule has 6 heteroatoms. The molecular formula is C14H20F3NO2. The van der Waals surface area contributed by atoms with Gasteiger partial charge in [-0.15, -0.1) is 0 Å². The summed E-state index contributed by atoms with van der Waals surface area (Å²) in [6.07, 6.45) is -3.22. The fourth-order valence-corrected chi connectivity index (χ4v) is 1.56. The Labute approximate surface area is 117 Å². The molecule has 0 amide bonds. The van der Waals surface area contributed by atoms with Crippen LogP contribution in [0.25, 0.3) is 0 Å². The molecule has 3 nitrogen and oxygen atoms in total. The Balaban J connectivity index is 2.24. The average molecular weight is 291 g/mol. The Morgan fingerprint density at radius 2 is 2.00 bits per heavy atom. The third-order valence-electron chi connectivity index (χ3n) is 2.42. The lowest BCUT2D eigenvalue weighted by Gasteiger charge is -2.10. The maximum absolute atomic E-state index is 11.8. The van der Waals surface area contributed by atoms with E-state index in [1.54, 1.807) is 6.07 Å². The van der Waals surface area contributed by atoms with E-state index < -0.39 is 12.8 Å². The normalized spacial score (nSPS) is 11.6. The molecule has 0 saturated heterocycles. The first-order valence-corrected chi connectivity index (χ1v) is 6.58. The molecule has 0 aliphatic carbocycles. The molecule has 1 aromatic rings. The third kappa shape index (κ3) is 8.01. The zero-order chi connectivity index (χ0) is 14.8. The fraction of sp³-hybridized carbons (Fsp3) is 0.571. The molecule has 20 heavy (non-hydrogen) atoms. The second-order valence-electron chi connectivity index (χ2n) is 4.34. The molecule has 0 heterocycles. The van der Waals surface area contributed by atoms with Crippen LogP contribution in [0.2, 0.25) is 0 Å². The van der Waals surface area contributed by atoms with Crippen molar-refractivity contribution in [1.29, 1.82) is 0 Å². The molecule has 0 atom stereocenters. The standard InChI is InChI=1S/C14H20F3NO2/c1-2-6-18-10-12-4-3-5-13(9-12)20-8-7-19-11-14(15,16)17/h3-5,9,18H,2,6-8,10-11H2,1H3. The quantitative estimate of drug-likeness (QED) is 0.709. The first-order chi connectivity index (χ1) is 9.51. The van der Waals surface area contributed by atoms with Gasteiger partial charge in [-0.05, 0) is 30.7 Å². The highest BCUT2D eigenvalue weighted by Gasteiger charge is 2.27. The van der Waals surface area contributed by atoms with Crippen LogP contribution < -0.4 is 10.1 Å². The maximum atomic E-state index is 11.8. The van der Waals surface area contributed by atoms with Crippen LogP contribution in [0.4, 0.5) is 13.2 Å². The van der Waals surface area contributed by atoms with E-state index in [1.165, 1.54) is 0 Å². The van der Waals surface area contributed by atoms with Crippen LogP contribution in [-0.2, 0) is 11.3 Å². The Hall–Kier alpha value is -1.27. The first-order valence-electron chi connectivity index (χ1n) is 6.58. The molecule has 0 saturated carbocycles. The Bertz CT molecular complexity index is 383. The van der Waals surface area contributed by atoms with E-state index in [0.29, 0.717) is 5.75 Å². The topological polar surface area (TPSA) is 30.5 Å². The van der Waals surface area contributed by atoms with Crippen molar-refractivity contribution in [2.45, 2.75) is 26.1 Å². The molecule has 1 rings (SSSR count). The van der Waals surface area contributed by atoms with Crippen LogP contribution in [0.5, 0.6) is 5.75 Å². The zero-order valence-electron chi connectivity index (χ0n) is 11.5. The highest BCUT2D eigenvalue weighted by molar-refractivity contribution is 5.28. The molecule has 1 N–H and O–H groups in total. The summed E-state index contributed by atoms with van der Waals surface area (Å²) in [4.78, 5) is 0. The molecule has 1 aromatic carbocycles. The number of ether oxygens (including phenoxy) is 2. The van der Waals surface area contributed by atoms with Crippen molar-refractivity contribution in [2.75, 3.05) is 26.4 Å². The van der Waals surface area contributed by atoms with Crippen molar-refractivity contribution in [3.05, 3.63) is 29.8 Å². The number of rotatable bonds is 9. The van der Waals surface area contributed by atoms with E-state index in [2.05, 4.69) is 17.0 Å². The van der Waals surface area contributed by atoms with Gasteiger partial charge in [0.2, 0.25) is 0 Å². The predicted molar refractivity (Wildman–Crippen MR) is 70.8 cm³/mol. The van der Waals surface area contributed by atoms with Gasteiger partial charge < -0.3 is 14.8 Å². The summed E-state index contributed by atoms with van der Waals surface area (Å²) in [5.74, 6) is 0.636. The molecule has 0 bridgehead atoms. The summed E-state index contributed by atoms with van der Waals surface area (Å²) in [6.45, 7) is 2.55. The Morgan fingerprint density at radius 3 is 2.70 bits per heavy atom. The van der Waals surface area contributed by atoms with Gasteiger partial charge in [0.25, 0.3) is 0 Å². The summed E-state index contributed by atoms with van der Waals surface area (Å²) >= 11 is 0. The van der Waals surface area contributed by atoms with Crippen LogP contribution in [0.3, 0.4) is 0 Å². The smallest absolute Gasteiger partial charge is 0.411 e. The number of hydrogen-bond donors (Lipinski definition) is 1. The van der Waals surface area contributed by atoms with Gasteiger partial charge in [0.15, 0.2) is 0 Å². The zero-order valence-corrected chi connectivity index (χ0v) is 11.5. The van der Waals surface area contributed by atoms with Crippen LogP contribution in [0.15, 0.2) is 24.3 Å². The Morgan fingerprint density at radius 1 is 1.20 bits per heavy atom. The van der Waals surface area contributed by atoms with Crippen molar-refractivity contribution in [3.63, 3.8) is 0 Å². The summed E-state index contributed by atoms with van der Waals surface area (Å²) < 4.78 is 45.3. The van der Waals surface area contributed by atoms with Gasteiger partial charge in [-0.2, -0.15) is 13.2 Å². The summed E-state index contributed by atoms with van der Waals surface area (Å²) in [6, 6.07) is 7.46. The van der Waals surface area contributed by atoms with Crippen molar-refractivity contribution in [2.24, 2.45) is 0 Å². The molecule has 0 aromatic heterocycles. The monoisotopic (exact) mass is 291 g/mol. The number of hydrogen-bond acceptors (Lipinski definition) is 3. The minimum absolute atomic E-state index is 0.0855. The number of benzene rings is 1. The second-order valence-corrected chi connectivity index (χ2v) is 4.34. The number of halogens is 3. The van der Waals surface area contributed by atoms with Crippen molar-refractivity contribution in [3.8, 4) is 5.75 Å². The summed E-state index contributed by atoms with van der Waals surface area (Å²) in [5, 5.41) is 3.27. The largest absolute Gasteiger partial charge is 0.491 e. The van der Waals surface area contributed by atoms with Gasteiger partial charge in [-0.25, -0.2) is 0 Å². The Kier molecular flexibility index (Phi) is 7.40. The van der Waals surface area contributed by atoms with Crippen molar-refractivity contribution in [1.82, 2.24) is 5.32 Å². The van der Waals surface area contributed by atoms with Crippen LogP contribution >= 0.6 is 0 Å². The molecule has 0 aliphatic heterocycles. The minimum Gasteiger partial charge on any atom is -0.491 e. The molecule has 0 aliphatic rings. The lowest BCUT2D eigenvalue weighted by molar-refractivity contribution is -0.175. The average Bonchev–Trinajstić information content (AvgIpc) is 2.38. The van der Waals surface area contributed by atoms with E-state index in [1.807, 2.05) is 18.2 Å². The molecule has 0 radical (unpaired) electrons. The van der Waals surface area contributed by atoms with Crippen LogP contribution in [0, 0.1) is 0 Å². The lowest BCUT2D eigenvalue weighted by atomic mass is 10.2. The van der Waals surface area contributed by atoms with Gasteiger partial charge in [0.1, 0.15) is 19.0 Å². The SMILES string of the molecule is CCCNCc1cccc(OCCOCC(F)(F)F)c1. The fourth-order valence-electron chi connectivity index (χ4n) is 1.56. The summed E-state index contributed by atoms with van der Waals surface area (Å²) in [5.41, 5.74) is 1.08. The molecule has 0 spiro atoms. The third-order valence-corrected chi connectivity index (χ3v) is 2.42. The number of nitrogens with one attached hydrogen (secondary N) is 1. The molecular weight excluding hydrogens is 271 g/mol. The molecule has 114 valence electrons. The molecule has 0 fully saturated rings. The number of alkyl halides is 3. The van der Waals surface area contributed by atoms with Gasteiger partial charge in [-0.3, -0.25) is 0 Å². The lowest BCUT2D eigenvalue weighted by Crippen LogP contribution is -2.19. The van der Waals surface area contributed by atoms with Crippen LogP contribution in [0.1, 0.15) is 18.9 Å². The van der Waals surface area contributed by atoms with E-state index in [4.69, 9.17) is 4.74 Å². The maximum Gasteiger partial charge on any atom is 0.411 e. The van der Waals surface area contributed by atoms with E-state index in [0.717, 1.165) is 25.1 Å². The van der Waals surface area contributed by atoms with E-state index in [9.17, 15) is 13.2 Å². The highest BCUT2D eigenvalue weighted by Crippen LogP contribution is 2.15. The highest BCUT2D eigenvalue weighted by atomic mass is 19.4. The van der Waals surface area contributed by atoms with E-state index >= 15 is 0 Å². The van der Waals surface area contributed by atoms with Gasteiger partial charge in [0, 0.05) is 6.54 Å². The summed E-state index contributed by atoms with van der Waals surface area (Å²) in [7, 11) is 0. The van der Waals surface area contributed by atoms with Crippen molar-refractivity contribution >= 4 is 0 Å². The van der Waals surface area contributed by atoms with Crippen molar-refractivity contribution < 1.29 is 22.6 Å². The van der Waals surface area contributed by atoms with Gasteiger partial charge >= 0.3 is 6.18 Å². The minimum atomic E-state index is -4.29. The van der Waals surface area contributed by atoms with Gasteiger partial charge in [-0.1, -0.05) is 19.1 Å². The van der Waals surface area contributed by atoms with E-state index in [-0.39, 0.29) is 13.2 Å². The van der Waals surface area contributed by atoms with Gasteiger partial charge in [0.05, 0.1) is 6.61 Å². The van der Waals surface area contributed by atoms with Crippen LogP contribution in [-0.4, -0.2) is 32.5 Å². The predicted octanol–water partition coefficient (Wildman–Crippen LogP) is 3.14. The molecule has 0 unspecified atom stereocenters.